The van der Waals surface area contributed by atoms with Crippen molar-refractivity contribution in [2.24, 2.45) is 4.99 Å². The molecule has 0 amide bonds. The Morgan fingerprint density at radius 1 is 1.03 bits per heavy atom. The number of aryl methyl sites for hydroxylation is 3. The summed E-state index contributed by atoms with van der Waals surface area (Å²) in [7, 11) is 0. The molecule has 2 aliphatic heterocycles. The molecule has 0 atom stereocenters. The zero-order chi connectivity index (χ0) is 26.3. The minimum absolute atomic E-state index is 0.288. The fourth-order valence-corrected chi connectivity index (χ4v) is 5.20. The van der Waals surface area contributed by atoms with Crippen molar-refractivity contribution in [3.63, 3.8) is 0 Å². The number of fused-ring (bicyclic) bond motifs is 1. The molecular weight excluding hydrogens is 463 g/mol. The number of allylic oxidation sites excluding steroid dienone is 2. The molecule has 188 valence electrons. The molecule has 1 aromatic heterocycles. The van der Waals surface area contributed by atoms with Gasteiger partial charge in [0, 0.05) is 66.4 Å². The van der Waals surface area contributed by atoms with Crippen molar-refractivity contribution in [2.45, 2.75) is 20.8 Å². The molecule has 1 fully saturated rings. The lowest BCUT2D eigenvalue weighted by molar-refractivity contribution is 0.331. The van der Waals surface area contributed by atoms with Crippen LogP contribution in [0.25, 0.3) is 27.6 Å². The molecular formula is C30H31FN6. The number of hydrogen-bond acceptors (Lipinski definition) is 6. The van der Waals surface area contributed by atoms with Gasteiger partial charge < -0.3 is 15.2 Å². The Hall–Kier alpha value is -4.13. The van der Waals surface area contributed by atoms with E-state index < -0.39 is 0 Å². The second-order valence-electron chi connectivity index (χ2n) is 9.61. The molecule has 3 aromatic rings. The van der Waals surface area contributed by atoms with Crippen LogP contribution in [-0.4, -0.2) is 60.0 Å². The molecule has 5 rings (SSSR count). The van der Waals surface area contributed by atoms with E-state index in [9.17, 15) is 0 Å². The van der Waals surface area contributed by atoms with Crippen LogP contribution in [0.1, 0.15) is 28.1 Å². The van der Waals surface area contributed by atoms with Gasteiger partial charge in [0.25, 0.3) is 0 Å². The van der Waals surface area contributed by atoms with E-state index in [1.165, 1.54) is 6.21 Å². The second kappa shape index (κ2) is 9.73. The number of piperazine rings is 1. The number of hydrogen-bond donors (Lipinski definition) is 1. The van der Waals surface area contributed by atoms with Crippen molar-refractivity contribution in [1.82, 2.24) is 14.9 Å². The van der Waals surface area contributed by atoms with E-state index in [1.807, 2.05) is 45.0 Å². The molecule has 0 aliphatic carbocycles. The molecule has 1 saturated heterocycles. The third-order valence-electron chi connectivity index (χ3n) is 7.30. The summed E-state index contributed by atoms with van der Waals surface area (Å²) in [5.74, 6) is 0.821. The van der Waals surface area contributed by atoms with Gasteiger partial charge in [-0.15, -0.1) is 0 Å². The summed E-state index contributed by atoms with van der Waals surface area (Å²) >= 11 is 0. The fourth-order valence-electron chi connectivity index (χ4n) is 5.20. The predicted molar refractivity (Wildman–Crippen MR) is 151 cm³/mol. The molecule has 2 aliphatic rings. The molecule has 0 saturated carbocycles. The van der Waals surface area contributed by atoms with Crippen LogP contribution >= 0.6 is 0 Å². The molecule has 0 radical (unpaired) electrons. The summed E-state index contributed by atoms with van der Waals surface area (Å²) in [6, 6.07) is 5.95. The highest BCUT2D eigenvalue weighted by Gasteiger charge is 2.26. The average Bonchev–Trinajstić information content (AvgIpc) is 3.45. The van der Waals surface area contributed by atoms with Gasteiger partial charge in [-0.3, -0.25) is 4.99 Å². The molecule has 2 aromatic carbocycles. The fraction of sp³-hybridized carbons (Fsp3) is 0.267. The first-order valence-electron chi connectivity index (χ1n) is 12.5. The minimum Gasteiger partial charge on any atom is -0.368 e. The van der Waals surface area contributed by atoms with Crippen LogP contribution in [0.2, 0.25) is 0 Å². The highest BCUT2D eigenvalue weighted by atomic mass is 19.1. The molecule has 3 heterocycles. The van der Waals surface area contributed by atoms with E-state index in [2.05, 4.69) is 28.0 Å². The standard InChI is InChI=1S/C30H31FN6/c1-6-21(5)36-11-13-37(14-12-36)30-23-15-20(4)26(25-19(3)8-7-18(2)24(25)16-32)27(31)28(23)34-29(35-30)22-9-10-33-17-22/h6-9,15-17,32H,1,5,10-14H2,2-4H3. The van der Waals surface area contributed by atoms with Crippen LogP contribution in [0.4, 0.5) is 10.2 Å². The molecule has 1 N–H and O–H groups in total. The third-order valence-corrected chi connectivity index (χ3v) is 7.30. The lowest BCUT2D eigenvalue weighted by Crippen LogP contribution is -2.46. The maximum Gasteiger partial charge on any atom is 0.163 e. The monoisotopic (exact) mass is 494 g/mol. The van der Waals surface area contributed by atoms with E-state index in [0.717, 1.165) is 71.1 Å². The van der Waals surface area contributed by atoms with E-state index in [4.69, 9.17) is 15.4 Å². The van der Waals surface area contributed by atoms with Crippen LogP contribution in [0.3, 0.4) is 0 Å². The normalized spacial score (nSPS) is 15.3. The highest BCUT2D eigenvalue weighted by Crippen LogP contribution is 2.39. The number of nitrogens with one attached hydrogen (secondary N) is 1. The van der Waals surface area contributed by atoms with Crippen LogP contribution < -0.4 is 4.90 Å². The highest BCUT2D eigenvalue weighted by molar-refractivity contribution is 6.11. The van der Waals surface area contributed by atoms with Gasteiger partial charge in [0.1, 0.15) is 11.3 Å². The van der Waals surface area contributed by atoms with Gasteiger partial charge in [0.15, 0.2) is 11.6 Å². The number of anilines is 1. The summed E-state index contributed by atoms with van der Waals surface area (Å²) in [4.78, 5) is 18.4. The van der Waals surface area contributed by atoms with Gasteiger partial charge in [0.2, 0.25) is 0 Å². The molecule has 7 heteroatoms. The molecule has 0 unspecified atom stereocenters. The number of rotatable bonds is 6. The van der Waals surface area contributed by atoms with Crippen molar-refractivity contribution in [2.75, 3.05) is 37.6 Å². The number of benzene rings is 2. The maximum atomic E-state index is 16.6. The number of nitrogens with zero attached hydrogens (tertiary/aromatic N) is 5. The number of aliphatic imine (C=N–C) groups is 1. The summed E-state index contributed by atoms with van der Waals surface area (Å²) < 4.78 is 16.6. The predicted octanol–water partition coefficient (Wildman–Crippen LogP) is 5.65. The van der Waals surface area contributed by atoms with Crippen LogP contribution in [0.15, 0.2) is 54.2 Å². The van der Waals surface area contributed by atoms with Crippen LogP contribution in [-0.2, 0) is 0 Å². The smallest absolute Gasteiger partial charge is 0.163 e. The summed E-state index contributed by atoms with van der Waals surface area (Å²) in [6.07, 6.45) is 6.80. The Morgan fingerprint density at radius 3 is 2.41 bits per heavy atom. The van der Waals surface area contributed by atoms with Gasteiger partial charge in [0.05, 0.1) is 6.54 Å². The zero-order valence-corrected chi connectivity index (χ0v) is 21.6. The lowest BCUT2D eigenvalue weighted by atomic mass is 9.88. The van der Waals surface area contributed by atoms with Gasteiger partial charge in [-0.1, -0.05) is 31.4 Å². The van der Waals surface area contributed by atoms with Crippen LogP contribution in [0.5, 0.6) is 0 Å². The summed E-state index contributed by atoms with van der Waals surface area (Å²) in [6.45, 7) is 17.3. The third kappa shape index (κ3) is 4.24. The first-order chi connectivity index (χ1) is 17.8. The lowest BCUT2D eigenvalue weighted by Gasteiger charge is -2.37. The Bertz CT molecular complexity index is 1510. The summed E-state index contributed by atoms with van der Waals surface area (Å²) in [5, 5.41) is 8.72. The molecule has 6 nitrogen and oxygen atoms in total. The molecule has 0 bridgehead atoms. The van der Waals surface area contributed by atoms with Gasteiger partial charge in [-0.2, -0.15) is 0 Å². The Balaban J connectivity index is 1.72. The van der Waals surface area contributed by atoms with Gasteiger partial charge >= 0.3 is 0 Å². The Labute approximate surface area is 217 Å². The quantitative estimate of drug-likeness (QED) is 0.355. The number of aromatic nitrogens is 2. The van der Waals surface area contributed by atoms with E-state index in [0.29, 0.717) is 23.3 Å². The Morgan fingerprint density at radius 2 is 1.76 bits per heavy atom. The molecule has 37 heavy (non-hydrogen) atoms. The Kier molecular flexibility index (Phi) is 6.46. The van der Waals surface area contributed by atoms with Crippen LogP contribution in [0, 0.1) is 32.0 Å². The van der Waals surface area contributed by atoms with E-state index in [-0.39, 0.29) is 11.3 Å². The van der Waals surface area contributed by atoms with Crippen molar-refractivity contribution in [1.29, 1.82) is 5.41 Å². The van der Waals surface area contributed by atoms with E-state index in [1.54, 1.807) is 12.3 Å². The van der Waals surface area contributed by atoms with Crippen molar-refractivity contribution >= 4 is 34.7 Å². The van der Waals surface area contributed by atoms with Crippen molar-refractivity contribution < 1.29 is 4.39 Å². The minimum atomic E-state index is -0.383. The number of halogens is 1. The topological polar surface area (TPSA) is 68.5 Å². The first-order valence-corrected chi connectivity index (χ1v) is 12.5. The zero-order valence-electron chi connectivity index (χ0n) is 21.6. The maximum absolute atomic E-state index is 16.6. The SMILES string of the molecule is C=CC(=C)N1CCN(c2nc(C3=CCN=C3)nc3c(F)c(-c4c(C)ccc(C)c4C=N)c(C)cc23)CC1. The average molecular weight is 495 g/mol. The van der Waals surface area contributed by atoms with Crippen molar-refractivity contribution in [3.8, 4) is 11.1 Å². The van der Waals surface area contributed by atoms with Gasteiger partial charge in [-0.05, 0) is 55.2 Å². The van der Waals surface area contributed by atoms with Crippen molar-refractivity contribution in [3.05, 3.63) is 83.1 Å². The summed E-state index contributed by atoms with van der Waals surface area (Å²) in [5.41, 5.74) is 6.60. The second-order valence-corrected chi connectivity index (χ2v) is 9.61. The molecule has 0 spiro atoms. The van der Waals surface area contributed by atoms with Gasteiger partial charge in [-0.25, -0.2) is 14.4 Å². The largest absolute Gasteiger partial charge is 0.368 e. The first kappa shape index (κ1) is 24.6. The van der Waals surface area contributed by atoms with E-state index >= 15 is 4.39 Å².